The summed E-state index contributed by atoms with van der Waals surface area (Å²) in [6.45, 7) is 10.4. The maximum atomic E-state index is 13.9. The fourth-order valence-electron chi connectivity index (χ4n) is 5.39. The number of carbonyl (C=O) groups is 1. The average molecular weight is 550 g/mol. The van der Waals surface area contributed by atoms with Gasteiger partial charge in [-0.25, -0.2) is 9.78 Å². The number of likely N-dealkylation sites (tertiary alicyclic amines) is 1. The van der Waals surface area contributed by atoms with Crippen molar-refractivity contribution in [3.05, 3.63) is 40.7 Å². The molecular weight excluding hydrogens is 514 g/mol. The molecule has 0 spiro atoms. The van der Waals surface area contributed by atoms with Gasteiger partial charge in [0, 0.05) is 45.0 Å². The summed E-state index contributed by atoms with van der Waals surface area (Å²) in [5, 5.41) is 3.98. The fourth-order valence-corrected chi connectivity index (χ4v) is 6.54. The van der Waals surface area contributed by atoms with Crippen LogP contribution >= 0.6 is 11.3 Å². The molecule has 11 heteroatoms. The average Bonchev–Trinajstić information content (AvgIpc) is 3.46. The second kappa shape index (κ2) is 9.95. The summed E-state index contributed by atoms with van der Waals surface area (Å²) in [7, 11) is 2.14. The molecule has 1 unspecified atom stereocenters. The molecule has 5 heterocycles. The number of nitrogens with one attached hydrogen (secondary N) is 1. The predicted octanol–water partition coefficient (Wildman–Crippen LogP) is 4.02. The number of benzene rings is 1. The highest BCUT2D eigenvalue weighted by atomic mass is 32.1. The molecule has 1 amide bonds. The van der Waals surface area contributed by atoms with Crippen molar-refractivity contribution in [3.8, 4) is 0 Å². The number of pyridine rings is 1. The molecule has 10 nitrogen and oxygen atoms in total. The molecular formula is C28H35N7O3S. The Kier molecular flexibility index (Phi) is 6.58. The van der Waals surface area contributed by atoms with Crippen LogP contribution in [0.3, 0.4) is 0 Å². The lowest BCUT2D eigenvalue weighted by Gasteiger charge is -2.24. The topological polar surface area (TPSA) is 95.3 Å². The first-order chi connectivity index (χ1) is 18.7. The third-order valence-electron chi connectivity index (χ3n) is 7.36. The number of carbonyl (C=O) groups excluding carboxylic acids is 1. The Morgan fingerprint density at radius 1 is 1.13 bits per heavy atom. The van der Waals surface area contributed by atoms with Crippen molar-refractivity contribution in [2.24, 2.45) is 0 Å². The van der Waals surface area contributed by atoms with Gasteiger partial charge in [0.1, 0.15) is 16.1 Å². The summed E-state index contributed by atoms with van der Waals surface area (Å²) < 4.78 is 8.73. The summed E-state index contributed by atoms with van der Waals surface area (Å²) in [4.78, 5) is 43.3. The van der Waals surface area contributed by atoms with Crippen LogP contribution in [0.2, 0.25) is 0 Å². The molecule has 1 N–H and O–H groups in total. The van der Waals surface area contributed by atoms with Crippen LogP contribution in [0.25, 0.3) is 26.1 Å². The number of para-hydroxylation sites is 1. The van der Waals surface area contributed by atoms with Crippen LogP contribution in [-0.2, 0) is 4.74 Å². The molecule has 0 bridgehead atoms. The van der Waals surface area contributed by atoms with Gasteiger partial charge >= 0.3 is 6.09 Å². The van der Waals surface area contributed by atoms with Crippen molar-refractivity contribution in [2.45, 2.75) is 45.3 Å². The van der Waals surface area contributed by atoms with Crippen molar-refractivity contribution < 1.29 is 9.53 Å². The summed E-state index contributed by atoms with van der Waals surface area (Å²) in [5.41, 5.74) is 1.50. The van der Waals surface area contributed by atoms with Gasteiger partial charge < -0.3 is 24.8 Å². The lowest BCUT2D eigenvalue weighted by molar-refractivity contribution is 0.0293. The van der Waals surface area contributed by atoms with Crippen molar-refractivity contribution in [1.29, 1.82) is 0 Å². The zero-order valence-corrected chi connectivity index (χ0v) is 23.8. The van der Waals surface area contributed by atoms with Crippen LogP contribution < -0.4 is 15.6 Å². The molecule has 3 aromatic heterocycles. The Morgan fingerprint density at radius 3 is 2.77 bits per heavy atom. The second-order valence-electron chi connectivity index (χ2n) is 11.5. The highest BCUT2D eigenvalue weighted by molar-refractivity contribution is 7.24. The van der Waals surface area contributed by atoms with E-state index in [1.807, 2.05) is 32.9 Å². The van der Waals surface area contributed by atoms with E-state index in [1.54, 1.807) is 22.4 Å². The van der Waals surface area contributed by atoms with E-state index in [0.717, 1.165) is 54.1 Å². The summed E-state index contributed by atoms with van der Waals surface area (Å²) in [6, 6.07) is 8.09. The Bertz CT molecular complexity index is 1610. The number of aromatic nitrogens is 3. The van der Waals surface area contributed by atoms with Gasteiger partial charge in [-0.3, -0.25) is 9.20 Å². The Balaban J connectivity index is 1.40. The molecule has 1 atom stereocenters. The molecule has 2 aliphatic heterocycles. The lowest BCUT2D eigenvalue weighted by Crippen LogP contribution is -2.37. The van der Waals surface area contributed by atoms with Crippen LogP contribution in [-0.4, -0.2) is 88.2 Å². The summed E-state index contributed by atoms with van der Waals surface area (Å²) in [6.07, 6.45) is 3.13. The number of hydrogen-bond donors (Lipinski definition) is 1. The molecule has 0 aliphatic carbocycles. The minimum absolute atomic E-state index is 0.0639. The SMILES string of the molecule is CN1CCCN(c2ncc3c(=O)c(NC4CCN(C(=O)OC(C)(C)C)C4)c4sc5ccccc5n4c3n2)CC1. The van der Waals surface area contributed by atoms with Gasteiger partial charge in [-0.1, -0.05) is 12.1 Å². The van der Waals surface area contributed by atoms with Gasteiger partial charge in [0.15, 0.2) is 5.65 Å². The van der Waals surface area contributed by atoms with Gasteiger partial charge in [0.25, 0.3) is 0 Å². The van der Waals surface area contributed by atoms with E-state index in [2.05, 4.69) is 43.7 Å². The smallest absolute Gasteiger partial charge is 0.410 e. The molecule has 2 saturated heterocycles. The Labute approximate surface area is 231 Å². The van der Waals surface area contributed by atoms with Crippen molar-refractivity contribution in [3.63, 3.8) is 0 Å². The van der Waals surface area contributed by atoms with Gasteiger partial charge in [-0.05, 0) is 59.3 Å². The Hall–Kier alpha value is -3.44. The molecule has 0 saturated carbocycles. The molecule has 2 aliphatic rings. The zero-order chi connectivity index (χ0) is 27.3. The maximum Gasteiger partial charge on any atom is 0.410 e. The summed E-state index contributed by atoms with van der Waals surface area (Å²) >= 11 is 1.58. The van der Waals surface area contributed by atoms with E-state index in [1.165, 1.54) is 0 Å². The number of thiazole rings is 1. The summed E-state index contributed by atoms with van der Waals surface area (Å²) in [5.74, 6) is 0.658. The van der Waals surface area contributed by atoms with E-state index in [-0.39, 0.29) is 17.6 Å². The second-order valence-corrected chi connectivity index (χ2v) is 12.6. The monoisotopic (exact) mass is 549 g/mol. The number of anilines is 2. The highest BCUT2D eigenvalue weighted by Crippen LogP contribution is 2.34. The van der Waals surface area contributed by atoms with E-state index in [9.17, 15) is 9.59 Å². The van der Waals surface area contributed by atoms with Crippen LogP contribution in [0.5, 0.6) is 0 Å². The largest absolute Gasteiger partial charge is 0.444 e. The molecule has 4 aromatic rings. The Morgan fingerprint density at radius 2 is 1.95 bits per heavy atom. The van der Waals surface area contributed by atoms with Crippen molar-refractivity contribution >= 4 is 55.1 Å². The third kappa shape index (κ3) is 5.00. The molecule has 2 fully saturated rings. The quantitative estimate of drug-likeness (QED) is 0.410. The number of rotatable bonds is 3. The number of hydrogen-bond acceptors (Lipinski definition) is 9. The van der Waals surface area contributed by atoms with Crippen LogP contribution in [0.15, 0.2) is 35.3 Å². The normalized spacial score (nSPS) is 19.2. The van der Waals surface area contributed by atoms with Gasteiger partial charge in [-0.15, -0.1) is 11.3 Å². The van der Waals surface area contributed by atoms with Crippen molar-refractivity contribution in [2.75, 3.05) is 56.5 Å². The van der Waals surface area contributed by atoms with E-state index in [4.69, 9.17) is 9.72 Å². The number of likely N-dealkylation sites (N-methyl/N-ethyl adjacent to an activating group) is 1. The number of nitrogens with zero attached hydrogens (tertiary/aromatic N) is 6. The molecule has 1 aromatic carbocycles. The molecule has 6 rings (SSSR count). The molecule has 0 radical (unpaired) electrons. The third-order valence-corrected chi connectivity index (χ3v) is 8.51. The van der Waals surface area contributed by atoms with Crippen LogP contribution in [0, 0.1) is 0 Å². The minimum Gasteiger partial charge on any atom is -0.444 e. The number of fused-ring (bicyclic) bond motifs is 5. The van der Waals surface area contributed by atoms with Crippen LogP contribution in [0.1, 0.15) is 33.6 Å². The van der Waals surface area contributed by atoms with E-state index < -0.39 is 5.60 Å². The zero-order valence-electron chi connectivity index (χ0n) is 22.9. The number of ether oxygens (including phenoxy) is 1. The van der Waals surface area contributed by atoms with Gasteiger partial charge in [-0.2, -0.15) is 4.98 Å². The first kappa shape index (κ1) is 25.8. The van der Waals surface area contributed by atoms with Gasteiger partial charge in [0.05, 0.1) is 15.6 Å². The lowest BCUT2D eigenvalue weighted by atomic mass is 10.2. The van der Waals surface area contributed by atoms with Gasteiger partial charge in [0.2, 0.25) is 11.4 Å². The fraction of sp³-hybridized carbons (Fsp3) is 0.500. The molecule has 206 valence electrons. The van der Waals surface area contributed by atoms with E-state index in [0.29, 0.717) is 35.8 Å². The first-order valence-electron chi connectivity index (χ1n) is 13.6. The van der Waals surface area contributed by atoms with E-state index >= 15 is 0 Å². The first-order valence-corrected chi connectivity index (χ1v) is 14.4. The minimum atomic E-state index is -0.550. The predicted molar refractivity (Wildman–Crippen MR) is 156 cm³/mol. The van der Waals surface area contributed by atoms with Crippen LogP contribution in [0.4, 0.5) is 16.4 Å². The molecule has 39 heavy (non-hydrogen) atoms. The maximum absolute atomic E-state index is 13.9. The number of amides is 1. The van der Waals surface area contributed by atoms with Crippen molar-refractivity contribution in [1.82, 2.24) is 24.2 Å². The standard InChI is InChI=1S/C28H35N7O3S/c1-28(2,3)38-27(37)34-13-10-18(17-34)30-22-23(36)19-16-29-26(33-12-7-11-32(4)14-15-33)31-24(19)35-20-8-5-6-9-21(20)39-25(22)35/h5-6,8-9,16,18,30H,7,10-15,17H2,1-4H3. The highest BCUT2D eigenvalue weighted by Gasteiger charge is 2.31.